The number of carbonyl (C=O) groups is 1. The predicted octanol–water partition coefficient (Wildman–Crippen LogP) is 3.37. The molecule has 0 aromatic heterocycles. The minimum absolute atomic E-state index is 0.0887. The number of nitrogens with one attached hydrogen (secondary N) is 1. The molecule has 1 aromatic carbocycles. The molecule has 0 aliphatic heterocycles. The second kappa shape index (κ2) is 7.53. The van der Waals surface area contributed by atoms with Gasteiger partial charge in [0.25, 0.3) is 0 Å². The first kappa shape index (κ1) is 18.7. The van der Waals surface area contributed by atoms with E-state index in [9.17, 15) is 4.79 Å². The summed E-state index contributed by atoms with van der Waals surface area (Å²) in [5.74, 6) is 0. The molecule has 1 amide bonds. The van der Waals surface area contributed by atoms with E-state index < -0.39 is 5.60 Å². The molecule has 0 radical (unpaired) electrons. The highest BCUT2D eigenvalue weighted by atomic mass is 16.6. The van der Waals surface area contributed by atoms with Gasteiger partial charge in [-0.1, -0.05) is 24.3 Å². The van der Waals surface area contributed by atoms with Gasteiger partial charge in [0.1, 0.15) is 5.60 Å². The summed E-state index contributed by atoms with van der Waals surface area (Å²) in [5.41, 5.74) is 8.23. The molecule has 2 unspecified atom stereocenters. The molecule has 0 saturated heterocycles. The molecule has 5 nitrogen and oxygen atoms in total. The second-order valence-corrected chi connectivity index (χ2v) is 7.75. The van der Waals surface area contributed by atoms with Crippen molar-refractivity contribution in [1.29, 1.82) is 0 Å². The zero-order valence-electron chi connectivity index (χ0n) is 15.5. The Bertz CT molecular complexity index is 566. The lowest BCUT2D eigenvalue weighted by atomic mass is 10.1. The molecular formula is C19H31N3O2. The van der Waals surface area contributed by atoms with Crippen molar-refractivity contribution in [2.75, 3.05) is 13.1 Å². The summed E-state index contributed by atoms with van der Waals surface area (Å²) in [5, 5.41) is 3.54. The minimum atomic E-state index is -0.477. The van der Waals surface area contributed by atoms with E-state index in [1.54, 1.807) is 4.90 Å². The van der Waals surface area contributed by atoms with Gasteiger partial charge in [-0.3, -0.25) is 0 Å². The summed E-state index contributed by atoms with van der Waals surface area (Å²) in [6.45, 7) is 11.0. The summed E-state index contributed by atoms with van der Waals surface area (Å²) in [6, 6.07) is 8.75. The number of amides is 1. The van der Waals surface area contributed by atoms with E-state index in [1.165, 1.54) is 11.1 Å². The van der Waals surface area contributed by atoms with Crippen LogP contribution in [0.2, 0.25) is 0 Å². The maximum Gasteiger partial charge on any atom is 0.410 e. The molecular weight excluding hydrogens is 302 g/mol. The Kier molecular flexibility index (Phi) is 5.88. The highest BCUT2D eigenvalue weighted by Crippen LogP contribution is 2.36. The highest BCUT2D eigenvalue weighted by Gasteiger charge is 2.28. The quantitative estimate of drug-likeness (QED) is 0.867. The second-order valence-electron chi connectivity index (χ2n) is 7.75. The maximum atomic E-state index is 12.3. The van der Waals surface area contributed by atoms with Crippen LogP contribution >= 0.6 is 0 Å². The fraction of sp³-hybridized carbons (Fsp3) is 0.632. The molecule has 134 valence electrons. The molecule has 1 aromatic rings. The van der Waals surface area contributed by atoms with Gasteiger partial charge in [0.05, 0.1) is 0 Å². The largest absolute Gasteiger partial charge is 0.444 e. The zero-order chi connectivity index (χ0) is 17.9. The first-order chi connectivity index (χ1) is 11.2. The van der Waals surface area contributed by atoms with Crippen LogP contribution in [0.4, 0.5) is 4.79 Å². The summed E-state index contributed by atoms with van der Waals surface area (Å²) in [4.78, 5) is 14.1. The summed E-state index contributed by atoms with van der Waals surface area (Å²) in [7, 11) is 0. The Morgan fingerprint density at radius 2 is 1.96 bits per heavy atom. The van der Waals surface area contributed by atoms with Gasteiger partial charge in [-0.2, -0.15) is 0 Å². The first-order valence-electron chi connectivity index (χ1n) is 8.76. The average Bonchev–Trinajstić information content (AvgIpc) is 2.78. The van der Waals surface area contributed by atoms with Gasteiger partial charge in [-0.05, 0) is 52.2 Å². The zero-order valence-corrected chi connectivity index (χ0v) is 15.5. The molecule has 3 N–H and O–H groups in total. The lowest BCUT2D eigenvalue weighted by molar-refractivity contribution is 0.0192. The van der Waals surface area contributed by atoms with Gasteiger partial charge in [0, 0.05) is 31.2 Å². The van der Waals surface area contributed by atoms with Crippen molar-refractivity contribution in [2.45, 2.75) is 64.8 Å². The van der Waals surface area contributed by atoms with E-state index >= 15 is 0 Å². The predicted molar refractivity (Wildman–Crippen MR) is 96.8 cm³/mol. The van der Waals surface area contributed by atoms with E-state index in [0.717, 1.165) is 6.42 Å². The van der Waals surface area contributed by atoms with Crippen molar-refractivity contribution in [3.05, 3.63) is 35.4 Å². The number of rotatable bonds is 5. The van der Waals surface area contributed by atoms with Crippen molar-refractivity contribution >= 4 is 6.09 Å². The van der Waals surface area contributed by atoms with Crippen LogP contribution in [0.5, 0.6) is 0 Å². The Hall–Kier alpha value is -1.59. The number of nitrogens with two attached hydrogens (primary N) is 1. The summed E-state index contributed by atoms with van der Waals surface area (Å²) >= 11 is 0. The van der Waals surface area contributed by atoms with Crippen molar-refractivity contribution in [3.8, 4) is 0 Å². The summed E-state index contributed by atoms with van der Waals surface area (Å²) < 4.78 is 5.50. The Morgan fingerprint density at radius 1 is 1.33 bits per heavy atom. The number of ether oxygens (including phenoxy) is 1. The molecule has 0 heterocycles. The lowest BCUT2D eigenvalue weighted by Crippen LogP contribution is -2.44. The molecule has 0 bridgehead atoms. The van der Waals surface area contributed by atoms with E-state index in [4.69, 9.17) is 10.5 Å². The van der Waals surface area contributed by atoms with Gasteiger partial charge in [0.15, 0.2) is 0 Å². The van der Waals surface area contributed by atoms with Crippen molar-refractivity contribution in [3.63, 3.8) is 0 Å². The van der Waals surface area contributed by atoms with Crippen LogP contribution in [0, 0.1) is 0 Å². The molecule has 5 heteroatoms. The number of hydrogen-bond acceptors (Lipinski definition) is 4. The SMILES string of the molecule is CC(C)N(CCNC1CC(N)c2ccccc21)C(=O)OC(C)(C)C. The smallest absolute Gasteiger partial charge is 0.410 e. The van der Waals surface area contributed by atoms with Crippen LogP contribution in [-0.2, 0) is 4.74 Å². The average molecular weight is 333 g/mol. The first-order valence-corrected chi connectivity index (χ1v) is 8.76. The highest BCUT2D eigenvalue weighted by molar-refractivity contribution is 5.68. The molecule has 0 spiro atoms. The van der Waals surface area contributed by atoms with E-state index in [2.05, 4.69) is 17.4 Å². The third kappa shape index (κ3) is 4.71. The lowest BCUT2D eigenvalue weighted by Gasteiger charge is -2.30. The molecule has 1 aliphatic rings. The Labute approximate surface area is 145 Å². The van der Waals surface area contributed by atoms with E-state index in [0.29, 0.717) is 13.1 Å². The number of fused-ring (bicyclic) bond motifs is 1. The number of carbonyl (C=O) groups excluding carboxylic acids is 1. The minimum Gasteiger partial charge on any atom is -0.444 e. The van der Waals surface area contributed by atoms with Crippen molar-refractivity contribution < 1.29 is 9.53 Å². The van der Waals surface area contributed by atoms with Crippen molar-refractivity contribution in [1.82, 2.24) is 10.2 Å². The van der Waals surface area contributed by atoms with Gasteiger partial charge in [0.2, 0.25) is 0 Å². The monoisotopic (exact) mass is 333 g/mol. The molecule has 2 rings (SSSR count). The van der Waals surface area contributed by atoms with E-state index in [1.807, 2.05) is 46.8 Å². The molecule has 0 fully saturated rings. The Balaban J connectivity index is 1.91. The van der Waals surface area contributed by atoms with Crippen LogP contribution in [0.25, 0.3) is 0 Å². The van der Waals surface area contributed by atoms with Gasteiger partial charge < -0.3 is 20.7 Å². The van der Waals surface area contributed by atoms with Crippen molar-refractivity contribution in [2.24, 2.45) is 5.73 Å². The fourth-order valence-electron chi connectivity index (χ4n) is 3.11. The maximum absolute atomic E-state index is 12.3. The normalized spacial score (nSPS) is 20.1. The fourth-order valence-corrected chi connectivity index (χ4v) is 3.11. The number of nitrogens with zero attached hydrogens (tertiary/aromatic N) is 1. The molecule has 0 saturated carbocycles. The third-order valence-electron chi connectivity index (χ3n) is 4.26. The third-order valence-corrected chi connectivity index (χ3v) is 4.26. The van der Waals surface area contributed by atoms with E-state index in [-0.39, 0.29) is 24.2 Å². The van der Waals surface area contributed by atoms with Crippen LogP contribution in [0.15, 0.2) is 24.3 Å². The molecule has 1 aliphatic carbocycles. The molecule has 24 heavy (non-hydrogen) atoms. The number of hydrogen-bond donors (Lipinski definition) is 2. The van der Waals surface area contributed by atoms with Gasteiger partial charge >= 0.3 is 6.09 Å². The Morgan fingerprint density at radius 3 is 2.54 bits per heavy atom. The van der Waals surface area contributed by atoms with Crippen LogP contribution in [0.1, 0.15) is 64.3 Å². The van der Waals surface area contributed by atoms with Gasteiger partial charge in [-0.15, -0.1) is 0 Å². The van der Waals surface area contributed by atoms with Crippen LogP contribution in [0.3, 0.4) is 0 Å². The van der Waals surface area contributed by atoms with Gasteiger partial charge in [-0.25, -0.2) is 4.79 Å². The molecule has 2 atom stereocenters. The standard InChI is InChI=1S/C19H31N3O2/c1-13(2)22(18(23)24-19(3,4)5)11-10-21-17-12-16(20)14-8-6-7-9-15(14)17/h6-9,13,16-17,21H,10-12,20H2,1-5H3. The summed E-state index contributed by atoms with van der Waals surface area (Å²) in [6.07, 6.45) is 0.635. The van der Waals surface area contributed by atoms with Crippen LogP contribution < -0.4 is 11.1 Å². The number of benzene rings is 1. The topological polar surface area (TPSA) is 67.6 Å². The van der Waals surface area contributed by atoms with Crippen LogP contribution in [-0.4, -0.2) is 35.7 Å².